The second-order valence-electron chi connectivity index (χ2n) is 13.1. The third-order valence-corrected chi connectivity index (χ3v) is 8.92. The number of nitrogens with one attached hydrogen (secondary N) is 1. The molecule has 220 valence electrons. The summed E-state index contributed by atoms with van der Waals surface area (Å²) in [6.07, 6.45) is 3.63. The quantitative estimate of drug-likeness (QED) is 0.253. The van der Waals surface area contributed by atoms with Crippen molar-refractivity contribution in [3.05, 3.63) is 42.2 Å². The molecule has 41 heavy (non-hydrogen) atoms. The van der Waals surface area contributed by atoms with Crippen molar-refractivity contribution in [2.45, 2.75) is 102 Å². The van der Waals surface area contributed by atoms with E-state index in [2.05, 4.69) is 77.7 Å². The van der Waals surface area contributed by atoms with Crippen molar-refractivity contribution in [1.82, 2.24) is 34.4 Å². The first-order valence-corrected chi connectivity index (χ1v) is 14.7. The van der Waals surface area contributed by atoms with Crippen LogP contribution in [0.4, 0.5) is 5.82 Å². The molecule has 0 bridgehead atoms. The molecule has 1 aromatic carbocycles. The fraction of sp³-hybridized carbons (Fsp3) is 0.600. The van der Waals surface area contributed by atoms with Gasteiger partial charge in [-0.05, 0) is 62.1 Å². The molecule has 2 aliphatic rings. The van der Waals surface area contributed by atoms with Gasteiger partial charge in [-0.3, -0.25) is 9.47 Å². The minimum absolute atomic E-state index is 0.110. The third-order valence-electron chi connectivity index (χ3n) is 8.92. The number of nitrogens with two attached hydrogens (primary N) is 1. The summed E-state index contributed by atoms with van der Waals surface area (Å²) in [4.78, 5) is 23.3. The fourth-order valence-electron chi connectivity index (χ4n) is 6.35. The minimum atomic E-state index is -1.11. The lowest BCUT2D eigenvalue weighted by molar-refractivity contribution is -0.0620. The number of H-pyrrole nitrogens is 1. The number of aliphatic hydroxyl groups is 2. The van der Waals surface area contributed by atoms with Gasteiger partial charge in [0.2, 0.25) is 0 Å². The molecule has 3 aromatic heterocycles. The molecule has 4 heterocycles. The van der Waals surface area contributed by atoms with Gasteiger partial charge >= 0.3 is 0 Å². The van der Waals surface area contributed by atoms with Gasteiger partial charge in [-0.25, -0.2) is 19.9 Å². The highest BCUT2D eigenvalue weighted by Gasteiger charge is 2.46. The molecular formula is C30H42N8O3. The number of imidazole rings is 2. The number of aliphatic hydroxyl groups excluding tert-OH is 2. The van der Waals surface area contributed by atoms with E-state index in [0.717, 1.165) is 42.5 Å². The van der Waals surface area contributed by atoms with E-state index in [1.54, 1.807) is 4.57 Å². The van der Waals surface area contributed by atoms with Crippen LogP contribution in [-0.2, 0) is 16.6 Å². The lowest BCUT2D eigenvalue weighted by Crippen LogP contribution is -2.52. The largest absolute Gasteiger partial charge is 0.387 e. The van der Waals surface area contributed by atoms with E-state index < -0.39 is 24.5 Å². The van der Waals surface area contributed by atoms with Crippen LogP contribution >= 0.6 is 0 Å². The van der Waals surface area contributed by atoms with E-state index in [1.165, 1.54) is 18.2 Å². The number of nitrogens with zero attached hydrogens (tertiary/aromatic N) is 6. The number of hydrogen-bond donors (Lipinski definition) is 4. The predicted molar refractivity (Wildman–Crippen MR) is 157 cm³/mol. The van der Waals surface area contributed by atoms with E-state index in [-0.39, 0.29) is 17.3 Å². The van der Waals surface area contributed by atoms with Crippen LogP contribution in [0, 0.1) is 5.92 Å². The van der Waals surface area contributed by atoms with Crippen molar-refractivity contribution < 1.29 is 14.9 Å². The van der Waals surface area contributed by atoms with Gasteiger partial charge in [0.1, 0.15) is 36.0 Å². The number of fused-ring (bicyclic) bond motifs is 2. The Morgan fingerprint density at radius 3 is 2.66 bits per heavy atom. The fourth-order valence-corrected chi connectivity index (χ4v) is 6.35. The zero-order valence-corrected chi connectivity index (χ0v) is 24.5. The van der Waals surface area contributed by atoms with Crippen LogP contribution in [0.3, 0.4) is 0 Å². The number of nitrogen functional groups attached to an aromatic ring is 1. The smallest absolute Gasteiger partial charge is 0.167 e. The molecule has 0 spiro atoms. The summed E-state index contributed by atoms with van der Waals surface area (Å²) < 4.78 is 7.86. The van der Waals surface area contributed by atoms with Gasteiger partial charge in [-0.2, -0.15) is 0 Å². The molecule has 11 nitrogen and oxygen atoms in total. The van der Waals surface area contributed by atoms with Crippen LogP contribution in [0.15, 0.2) is 30.9 Å². The number of anilines is 1. The summed E-state index contributed by atoms with van der Waals surface area (Å²) in [5.74, 6) is 1.95. The zero-order valence-electron chi connectivity index (χ0n) is 24.5. The van der Waals surface area contributed by atoms with Crippen LogP contribution < -0.4 is 5.73 Å². The Morgan fingerprint density at radius 1 is 1.15 bits per heavy atom. The van der Waals surface area contributed by atoms with Crippen molar-refractivity contribution in [2.75, 3.05) is 12.3 Å². The molecular weight excluding hydrogens is 520 g/mol. The monoisotopic (exact) mass is 562 g/mol. The van der Waals surface area contributed by atoms with Crippen molar-refractivity contribution in [1.29, 1.82) is 0 Å². The second-order valence-corrected chi connectivity index (χ2v) is 13.1. The van der Waals surface area contributed by atoms with Crippen molar-refractivity contribution in [3.8, 4) is 0 Å². The topological polar surface area (TPSA) is 151 Å². The molecule has 5 N–H and O–H groups in total. The predicted octanol–water partition coefficient (Wildman–Crippen LogP) is 3.32. The Balaban J connectivity index is 1.06. The number of aromatic nitrogens is 6. The van der Waals surface area contributed by atoms with E-state index in [9.17, 15) is 10.2 Å². The van der Waals surface area contributed by atoms with E-state index in [4.69, 9.17) is 15.5 Å². The lowest BCUT2D eigenvalue weighted by Gasteiger charge is -2.46. The highest BCUT2D eigenvalue weighted by atomic mass is 16.6. The van der Waals surface area contributed by atoms with Gasteiger partial charge < -0.3 is 25.7 Å². The molecule has 0 radical (unpaired) electrons. The zero-order chi connectivity index (χ0) is 29.1. The molecule has 4 atom stereocenters. The summed E-state index contributed by atoms with van der Waals surface area (Å²) in [5, 5.41) is 21.8. The van der Waals surface area contributed by atoms with Crippen molar-refractivity contribution in [2.24, 2.45) is 5.92 Å². The lowest BCUT2D eigenvalue weighted by atomic mass is 9.76. The molecule has 1 unspecified atom stereocenters. The van der Waals surface area contributed by atoms with Gasteiger partial charge in [0.15, 0.2) is 17.7 Å². The van der Waals surface area contributed by atoms with Crippen LogP contribution in [0.25, 0.3) is 22.2 Å². The summed E-state index contributed by atoms with van der Waals surface area (Å²) in [7, 11) is 0. The average Bonchev–Trinajstić information content (AvgIpc) is 3.58. The highest BCUT2D eigenvalue weighted by molar-refractivity contribution is 5.81. The average molecular weight is 563 g/mol. The van der Waals surface area contributed by atoms with Crippen LogP contribution in [-0.4, -0.2) is 81.5 Å². The Hall–Kier alpha value is -3.12. The first kappa shape index (κ1) is 28.0. The maximum atomic E-state index is 10.9. The molecule has 0 amide bonds. The Labute approximate surface area is 240 Å². The summed E-state index contributed by atoms with van der Waals surface area (Å²) >= 11 is 0. The minimum Gasteiger partial charge on any atom is -0.387 e. The summed E-state index contributed by atoms with van der Waals surface area (Å²) in [6.45, 7) is 11.6. The van der Waals surface area contributed by atoms with Crippen LogP contribution in [0.5, 0.6) is 0 Å². The van der Waals surface area contributed by atoms with Gasteiger partial charge in [-0.1, -0.05) is 26.8 Å². The van der Waals surface area contributed by atoms with Gasteiger partial charge in [0.25, 0.3) is 0 Å². The highest BCUT2D eigenvalue weighted by Crippen LogP contribution is 2.38. The molecule has 1 aliphatic heterocycles. The number of ether oxygens (including phenoxy) is 1. The van der Waals surface area contributed by atoms with Crippen molar-refractivity contribution >= 4 is 28.0 Å². The standard InChI is InChI=1S/C30H42N8O3/c1-16(2)37(13-22-25(39)26(40)29(41-22)38-15-34-24-27(31)32-14-33-28(24)38)19-10-17(11-19)6-9-23-35-20-8-7-18(30(3,4)5)12-21(20)36-23/h7-8,12,14-17,19,22,25-26,29,39-40H,6,9-11,13H2,1-5H3,(H,35,36)(H2,31,32,33)/t17?,19?,22?,25-,26-,29+/m1/s1. The normalized spacial score (nSPS) is 27.0. The molecule has 1 saturated carbocycles. The summed E-state index contributed by atoms with van der Waals surface area (Å²) in [5.41, 5.74) is 10.4. The number of aromatic amines is 1. The summed E-state index contributed by atoms with van der Waals surface area (Å²) in [6, 6.07) is 7.22. The molecule has 11 heteroatoms. The Bertz CT molecular complexity index is 1520. The number of aryl methyl sites for hydroxylation is 1. The van der Waals surface area contributed by atoms with Gasteiger partial charge in [0, 0.05) is 25.0 Å². The SMILES string of the molecule is CC(C)N(CC1O[C@H](n2cnc3c(N)ncnc32)[C@H](O)[C@@H]1O)C1CC(CCc2nc3ccc(C(C)(C)C)cc3[nH]2)C1. The first-order valence-electron chi connectivity index (χ1n) is 14.7. The Morgan fingerprint density at radius 2 is 1.93 bits per heavy atom. The molecule has 1 saturated heterocycles. The molecule has 1 aliphatic carbocycles. The number of hydrogen-bond acceptors (Lipinski definition) is 9. The van der Waals surface area contributed by atoms with Crippen molar-refractivity contribution in [3.63, 3.8) is 0 Å². The number of rotatable bonds is 8. The first-order chi connectivity index (χ1) is 19.5. The van der Waals surface area contributed by atoms with Crippen LogP contribution in [0.2, 0.25) is 0 Å². The van der Waals surface area contributed by atoms with Crippen LogP contribution in [0.1, 0.15) is 71.5 Å². The molecule has 2 fully saturated rings. The third kappa shape index (κ3) is 5.31. The van der Waals surface area contributed by atoms with E-state index in [1.807, 2.05) is 0 Å². The number of benzene rings is 1. The van der Waals surface area contributed by atoms with E-state index >= 15 is 0 Å². The van der Waals surface area contributed by atoms with Gasteiger partial charge in [-0.15, -0.1) is 0 Å². The molecule has 4 aromatic rings. The van der Waals surface area contributed by atoms with E-state index in [0.29, 0.717) is 29.7 Å². The van der Waals surface area contributed by atoms with Gasteiger partial charge in [0.05, 0.1) is 17.4 Å². The maximum absolute atomic E-state index is 10.9. The second kappa shape index (κ2) is 10.6. The maximum Gasteiger partial charge on any atom is 0.167 e. The Kier molecular flexibility index (Phi) is 7.25. The molecule has 6 rings (SSSR count).